The number of hydrogen-bond donors (Lipinski definition) is 1. The fourth-order valence-electron chi connectivity index (χ4n) is 6.94. The number of benzene rings is 3. The minimum Gasteiger partial charge on any atom is -0.496 e. The highest BCUT2D eigenvalue weighted by Crippen LogP contribution is 2.40. The van der Waals surface area contributed by atoms with E-state index in [1.165, 1.54) is 0 Å². The number of hydrogen-bond acceptors (Lipinski definition) is 9. The van der Waals surface area contributed by atoms with Crippen LogP contribution in [0.2, 0.25) is 0 Å². The van der Waals surface area contributed by atoms with Crippen LogP contribution < -0.4 is 9.64 Å². The smallest absolute Gasteiger partial charge is 0.270 e. The fourth-order valence-corrected chi connectivity index (χ4v) is 6.94. The average molecular weight is 676 g/mol. The number of nitrogens with zero attached hydrogens (tertiary/aromatic N) is 8. The number of carbonyl (C=O) groups is 2. The summed E-state index contributed by atoms with van der Waals surface area (Å²) in [5.41, 5.74) is 5.36. The van der Waals surface area contributed by atoms with Crippen LogP contribution in [0.25, 0.3) is 38.6 Å². The molecule has 1 N–H and O–H groups in total. The minimum atomic E-state index is -0.472. The highest BCUT2D eigenvalue weighted by molar-refractivity contribution is 6.05. The number of amides is 2. The SMILES string of the molecule is COc1ccccc1-c1cc(C2=CCCN(C(=O)CCn3ccnn3)C2)c(F)c2[nH]c(C(=O)N3CCN(c4cccc5nonc45)CC3)cc12. The number of aromatic amines is 1. The van der Waals surface area contributed by atoms with Gasteiger partial charge < -0.3 is 24.4 Å². The summed E-state index contributed by atoms with van der Waals surface area (Å²) in [5.74, 6) is -0.105. The first-order valence-electron chi connectivity index (χ1n) is 16.5. The van der Waals surface area contributed by atoms with E-state index in [0.717, 1.165) is 16.8 Å². The maximum atomic E-state index is 16.7. The summed E-state index contributed by atoms with van der Waals surface area (Å²) in [5, 5.41) is 16.3. The van der Waals surface area contributed by atoms with E-state index in [4.69, 9.17) is 9.37 Å². The van der Waals surface area contributed by atoms with Gasteiger partial charge in [0.1, 0.15) is 17.0 Å². The van der Waals surface area contributed by atoms with Gasteiger partial charge in [0, 0.05) is 68.4 Å². The topological polar surface area (TPSA) is 139 Å². The molecular weight excluding hydrogens is 641 g/mol. The first-order valence-corrected chi connectivity index (χ1v) is 16.5. The van der Waals surface area contributed by atoms with Crippen molar-refractivity contribution < 1.29 is 23.3 Å². The van der Waals surface area contributed by atoms with Gasteiger partial charge in [0.15, 0.2) is 11.3 Å². The number of aromatic nitrogens is 6. The normalized spacial score (nSPS) is 15.2. The Balaban J connectivity index is 1.09. The molecule has 3 aromatic heterocycles. The predicted octanol–water partition coefficient (Wildman–Crippen LogP) is 4.78. The standard InChI is InChI=1S/C36H34FN9O4/c1-49-31-10-3-2-7-24(31)26-20-25(23-6-5-13-45(22-23)32(47)11-14-46-15-12-38-42-46)33(37)34-27(26)21-29(39-34)36(48)44-18-16-43(17-19-44)30-9-4-8-28-35(30)41-50-40-28/h2-4,6-10,12,15,20-21,39H,5,11,13-14,16-19,22H2,1H3. The van der Waals surface area contributed by atoms with E-state index in [0.29, 0.717) is 84.7 Å². The van der Waals surface area contributed by atoms with Crippen molar-refractivity contribution in [3.63, 3.8) is 0 Å². The van der Waals surface area contributed by atoms with Gasteiger partial charge in [0.25, 0.3) is 5.91 Å². The average Bonchev–Trinajstić information content (AvgIpc) is 3.96. The Labute approximate surface area is 285 Å². The lowest BCUT2D eigenvalue weighted by Crippen LogP contribution is -2.49. The molecule has 1 saturated heterocycles. The highest BCUT2D eigenvalue weighted by Gasteiger charge is 2.28. The van der Waals surface area contributed by atoms with Crippen LogP contribution in [0.5, 0.6) is 5.75 Å². The first-order chi connectivity index (χ1) is 24.5. The van der Waals surface area contributed by atoms with Crippen LogP contribution >= 0.6 is 0 Å². The van der Waals surface area contributed by atoms with Crippen LogP contribution in [-0.2, 0) is 11.3 Å². The van der Waals surface area contributed by atoms with E-state index in [2.05, 4.69) is 30.5 Å². The fraction of sp³-hybridized carbons (Fsp3) is 0.278. The molecule has 0 spiro atoms. The monoisotopic (exact) mass is 675 g/mol. The van der Waals surface area contributed by atoms with Crippen LogP contribution in [0.4, 0.5) is 10.1 Å². The van der Waals surface area contributed by atoms with Gasteiger partial charge in [-0.2, -0.15) is 0 Å². The third-order valence-electron chi connectivity index (χ3n) is 9.53. The molecule has 254 valence electrons. The molecule has 0 unspecified atom stereocenters. The lowest BCUT2D eigenvalue weighted by atomic mass is 9.93. The summed E-state index contributed by atoms with van der Waals surface area (Å²) in [6.07, 6.45) is 6.13. The molecule has 50 heavy (non-hydrogen) atoms. The number of carbonyl (C=O) groups excluding carboxylic acids is 2. The molecule has 0 radical (unpaired) electrons. The zero-order chi connectivity index (χ0) is 34.2. The summed E-state index contributed by atoms with van der Waals surface area (Å²) in [4.78, 5) is 36.0. The van der Waals surface area contributed by atoms with Crippen LogP contribution in [0.1, 0.15) is 28.9 Å². The van der Waals surface area contributed by atoms with E-state index < -0.39 is 5.82 Å². The molecule has 5 heterocycles. The molecular formula is C36H34FN9O4. The van der Waals surface area contributed by atoms with E-state index in [1.807, 2.05) is 54.6 Å². The number of fused-ring (bicyclic) bond motifs is 2. The molecule has 2 aliphatic rings. The van der Waals surface area contributed by atoms with Gasteiger partial charge in [-0.05, 0) is 58.2 Å². The molecule has 1 fully saturated rings. The van der Waals surface area contributed by atoms with E-state index in [1.54, 1.807) is 40.1 Å². The van der Waals surface area contributed by atoms with Crippen molar-refractivity contribution in [2.45, 2.75) is 19.4 Å². The maximum Gasteiger partial charge on any atom is 0.270 e. The van der Waals surface area contributed by atoms with Gasteiger partial charge in [0.2, 0.25) is 5.91 Å². The number of ether oxygens (including phenoxy) is 1. The van der Waals surface area contributed by atoms with Gasteiger partial charge in [-0.15, -0.1) is 5.10 Å². The zero-order valence-corrected chi connectivity index (χ0v) is 27.4. The maximum absolute atomic E-state index is 16.7. The van der Waals surface area contributed by atoms with Gasteiger partial charge in [-0.25, -0.2) is 9.02 Å². The summed E-state index contributed by atoms with van der Waals surface area (Å²) in [6.45, 7) is 3.33. The van der Waals surface area contributed by atoms with E-state index >= 15 is 4.39 Å². The number of H-pyrrole nitrogens is 1. The summed E-state index contributed by atoms with van der Waals surface area (Å²) in [6, 6.07) is 16.8. The van der Waals surface area contributed by atoms with Crippen molar-refractivity contribution in [1.29, 1.82) is 0 Å². The van der Waals surface area contributed by atoms with Gasteiger partial charge in [-0.1, -0.05) is 35.6 Å². The molecule has 3 aromatic carbocycles. The second-order valence-corrected chi connectivity index (χ2v) is 12.4. The van der Waals surface area contributed by atoms with Crippen molar-refractivity contribution in [1.82, 2.24) is 40.1 Å². The number of methoxy groups -OCH3 is 1. The number of halogens is 1. The molecule has 2 aliphatic heterocycles. The number of nitrogens with one attached hydrogen (secondary N) is 1. The Hall–Kier alpha value is -6.05. The Morgan fingerprint density at radius 3 is 2.64 bits per heavy atom. The van der Waals surface area contributed by atoms with Gasteiger partial charge >= 0.3 is 0 Å². The molecule has 8 rings (SSSR count). The molecule has 0 bridgehead atoms. The number of piperazine rings is 1. The van der Waals surface area contributed by atoms with E-state index in [-0.39, 0.29) is 30.3 Å². The molecule has 0 aliphatic carbocycles. The van der Waals surface area contributed by atoms with Crippen LogP contribution in [0.3, 0.4) is 0 Å². The number of rotatable bonds is 8. The van der Waals surface area contributed by atoms with Crippen molar-refractivity contribution in [3.05, 3.63) is 90.1 Å². The van der Waals surface area contributed by atoms with Crippen molar-refractivity contribution in [2.24, 2.45) is 0 Å². The molecule has 2 amide bonds. The molecule has 0 saturated carbocycles. The lowest BCUT2D eigenvalue weighted by Gasteiger charge is -2.35. The Bertz CT molecular complexity index is 2230. The molecule has 13 nitrogen and oxygen atoms in total. The lowest BCUT2D eigenvalue weighted by molar-refractivity contribution is -0.131. The van der Waals surface area contributed by atoms with Crippen LogP contribution in [-0.4, -0.2) is 98.3 Å². The zero-order valence-electron chi connectivity index (χ0n) is 27.4. The Morgan fingerprint density at radius 1 is 0.960 bits per heavy atom. The summed E-state index contributed by atoms with van der Waals surface area (Å²) in [7, 11) is 1.60. The summed E-state index contributed by atoms with van der Waals surface area (Å²) >= 11 is 0. The van der Waals surface area contributed by atoms with Crippen molar-refractivity contribution in [2.75, 3.05) is 51.3 Å². The predicted molar refractivity (Wildman–Crippen MR) is 184 cm³/mol. The van der Waals surface area contributed by atoms with Crippen molar-refractivity contribution in [3.8, 4) is 16.9 Å². The third kappa shape index (κ3) is 5.71. The molecule has 6 aromatic rings. The largest absolute Gasteiger partial charge is 0.496 e. The highest BCUT2D eigenvalue weighted by atomic mass is 19.1. The Kier molecular flexibility index (Phi) is 8.18. The molecule has 14 heteroatoms. The second-order valence-electron chi connectivity index (χ2n) is 12.4. The van der Waals surface area contributed by atoms with E-state index in [9.17, 15) is 9.59 Å². The van der Waals surface area contributed by atoms with Crippen LogP contribution in [0, 0.1) is 5.82 Å². The minimum absolute atomic E-state index is 0.0419. The summed E-state index contributed by atoms with van der Waals surface area (Å²) < 4.78 is 28.9. The number of anilines is 1. The second kappa shape index (κ2) is 13.1. The third-order valence-corrected chi connectivity index (χ3v) is 9.53. The number of aryl methyl sites for hydroxylation is 1. The molecule has 0 atom stereocenters. The quantitative estimate of drug-likeness (QED) is 0.242. The van der Waals surface area contributed by atoms with Crippen LogP contribution in [0.15, 0.2) is 77.7 Å². The number of para-hydroxylation sites is 1. The Morgan fingerprint density at radius 2 is 1.82 bits per heavy atom. The van der Waals surface area contributed by atoms with Crippen molar-refractivity contribution >= 4 is 45.0 Å². The van der Waals surface area contributed by atoms with Gasteiger partial charge in [-0.3, -0.25) is 14.3 Å². The van der Waals surface area contributed by atoms with Gasteiger partial charge in [0.05, 0.1) is 31.1 Å². The first kappa shape index (κ1) is 31.2.